The van der Waals surface area contributed by atoms with Gasteiger partial charge in [0.15, 0.2) is 23.2 Å². The predicted octanol–water partition coefficient (Wildman–Crippen LogP) is 2.48. The first-order chi connectivity index (χ1) is 14.4. The number of nitrogens with zero attached hydrogens (tertiary/aromatic N) is 4. The molecule has 0 saturated carbocycles. The first-order valence-corrected chi connectivity index (χ1v) is 9.48. The first kappa shape index (κ1) is 20.5. The van der Waals surface area contributed by atoms with Crippen molar-refractivity contribution < 1.29 is 23.4 Å². The SMILES string of the molecule is CO[C@@H]1[C@H](F)[C@@H](COC(=O)c2ccc(C)cc2)O[C@H]1n1cnc2c(Cl)nc(N)nc21. The Hall–Kier alpha value is -2.82. The van der Waals surface area contributed by atoms with E-state index in [1.807, 2.05) is 6.92 Å². The van der Waals surface area contributed by atoms with E-state index in [0.29, 0.717) is 11.1 Å². The average molecular weight is 436 g/mol. The summed E-state index contributed by atoms with van der Waals surface area (Å²) in [6.07, 6.45) is -3.10. The normalized spacial score (nSPS) is 23.7. The second-order valence-electron chi connectivity index (χ2n) is 6.87. The third kappa shape index (κ3) is 3.69. The summed E-state index contributed by atoms with van der Waals surface area (Å²) >= 11 is 6.05. The molecule has 4 atom stereocenters. The summed E-state index contributed by atoms with van der Waals surface area (Å²) in [5, 5.41) is 0.0728. The number of halogens is 2. The minimum atomic E-state index is -1.56. The molecule has 11 heteroatoms. The van der Waals surface area contributed by atoms with Gasteiger partial charge in [-0.25, -0.2) is 14.2 Å². The van der Waals surface area contributed by atoms with Gasteiger partial charge in [-0.15, -0.1) is 0 Å². The summed E-state index contributed by atoms with van der Waals surface area (Å²) in [6.45, 7) is 1.63. The number of hydrogen-bond acceptors (Lipinski definition) is 8. The number of benzene rings is 1. The van der Waals surface area contributed by atoms with Gasteiger partial charge in [0.25, 0.3) is 0 Å². The van der Waals surface area contributed by atoms with Gasteiger partial charge in [0.05, 0.1) is 11.9 Å². The van der Waals surface area contributed by atoms with Crippen LogP contribution in [0, 0.1) is 6.92 Å². The Balaban J connectivity index is 1.53. The molecule has 1 fully saturated rings. The van der Waals surface area contributed by atoms with Gasteiger partial charge in [-0.05, 0) is 19.1 Å². The Morgan fingerprint density at radius 1 is 1.33 bits per heavy atom. The van der Waals surface area contributed by atoms with Crippen LogP contribution in [-0.4, -0.2) is 57.6 Å². The summed E-state index contributed by atoms with van der Waals surface area (Å²) < 4.78 is 32.9. The molecule has 30 heavy (non-hydrogen) atoms. The molecule has 0 radical (unpaired) electrons. The number of carbonyl (C=O) groups is 1. The smallest absolute Gasteiger partial charge is 0.338 e. The number of methoxy groups -OCH3 is 1. The van der Waals surface area contributed by atoms with E-state index < -0.39 is 30.6 Å². The molecular weight excluding hydrogens is 417 g/mol. The van der Waals surface area contributed by atoms with Crippen molar-refractivity contribution in [2.75, 3.05) is 19.5 Å². The molecule has 2 aromatic heterocycles. The highest BCUT2D eigenvalue weighted by Crippen LogP contribution is 2.36. The number of alkyl halides is 1. The number of nitrogen functional groups attached to an aromatic ring is 1. The fourth-order valence-electron chi connectivity index (χ4n) is 3.32. The molecule has 9 nitrogen and oxygen atoms in total. The van der Waals surface area contributed by atoms with Crippen LogP contribution in [-0.2, 0) is 14.2 Å². The van der Waals surface area contributed by atoms with Crippen LogP contribution < -0.4 is 5.73 Å². The van der Waals surface area contributed by atoms with Crippen LogP contribution >= 0.6 is 11.6 Å². The van der Waals surface area contributed by atoms with Gasteiger partial charge in [-0.3, -0.25) is 4.57 Å². The largest absolute Gasteiger partial charge is 0.459 e. The molecule has 0 spiro atoms. The summed E-state index contributed by atoms with van der Waals surface area (Å²) in [6, 6.07) is 6.87. The monoisotopic (exact) mass is 435 g/mol. The number of esters is 1. The van der Waals surface area contributed by atoms with E-state index in [2.05, 4.69) is 15.0 Å². The molecule has 1 saturated heterocycles. The molecular formula is C19H19ClFN5O4. The third-order valence-corrected chi connectivity index (χ3v) is 5.14. The Kier molecular flexibility index (Phi) is 5.54. The predicted molar refractivity (Wildman–Crippen MR) is 106 cm³/mol. The van der Waals surface area contributed by atoms with Gasteiger partial charge >= 0.3 is 5.97 Å². The zero-order valence-corrected chi connectivity index (χ0v) is 16.9. The third-order valence-electron chi connectivity index (χ3n) is 4.87. The van der Waals surface area contributed by atoms with E-state index in [4.69, 9.17) is 31.5 Å². The standard InChI is InChI=1S/C19H19ClFN5O4/c1-9-3-5-10(6-4-9)18(27)29-7-11-12(21)14(28-2)17(30-11)26-8-23-13-15(20)24-19(22)25-16(13)26/h3-6,8,11-12,14,17H,7H2,1-2H3,(H2,22,24,25)/t11-,12-,14-,17-/m1/s1. The van der Waals surface area contributed by atoms with Gasteiger partial charge in [0.2, 0.25) is 5.95 Å². The molecule has 1 aliphatic heterocycles. The van der Waals surface area contributed by atoms with Crippen LogP contribution in [0.2, 0.25) is 5.15 Å². The number of anilines is 1. The van der Waals surface area contributed by atoms with Crippen molar-refractivity contribution in [3.8, 4) is 0 Å². The second-order valence-corrected chi connectivity index (χ2v) is 7.23. The molecule has 158 valence electrons. The lowest BCUT2D eigenvalue weighted by Crippen LogP contribution is -2.32. The van der Waals surface area contributed by atoms with Gasteiger partial charge in [0, 0.05) is 7.11 Å². The quantitative estimate of drug-likeness (QED) is 0.480. The number of ether oxygens (including phenoxy) is 3. The average Bonchev–Trinajstić information content (AvgIpc) is 3.27. The van der Waals surface area contributed by atoms with E-state index in [1.165, 1.54) is 18.0 Å². The van der Waals surface area contributed by atoms with Crippen molar-refractivity contribution in [1.82, 2.24) is 19.5 Å². The molecule has 0 aliphatic carbocycles. The fraction of sp³-hybridized carbons (Fsp3) is 0.368. The maximum Gasteiger partial charge on any atom is 0.338 e. The molecule has 1 aliphatic rings. The van der Waals surface area contributed by atoms with Crippen LogP contribution in [0.5, 0.6) is 0 Å². The summed E-state index contributed by atoms with van der Waals surface area (Å²) in [5.74, 6) is -0.620. The minimum absolute atomic E-state index is 0.0541. The zero-order chi connectivity index (χ0) is 21.4. The highest BCUT2D eigenvalue weighted by atomic mass is 35.5. The van der Waals surface area contributed by atoms with E-state index in [0.717, 1.165) is 5.56 Å². The van der Waals surface area contributed by atoms with E-state index in [-0.39, 0.29) is 23.4 Å². The van der Waals surface area contributed by atoms with E-state index in [9.17, 15) is 4.79 Å². The topological polar surface area (TPSA) is 114 Å². The van der Waals surface area contributed by atoms with Crippen molar-refractivity contribution in [3.63, 3.8) is 0 Å². The maximum atomic E-state index is 15.0. The molecule has 2 N–H and O–H groups in total. The Bertz CT molecular complexity index is 1080. The minimum Gasteiger partial charge on any atom is -0.459 e. The van der Waals surface area contributed by atoms with Crippen LogP contribution in [0.15, 0.2) is 30.6 Å². The van der Waals surface area contributed by atoms with Crippen LogP contribution in [0.1, 0.15) is 22.1 Å². The van der Waals surface area contributed by atoms with Crippen molar-refractivity contribution in [2.45, 2.75) is 31.5 Å². The van der Waals surface area contributed by atoms with Crippen LogP contribution in [0.3, 0.4) is 0 Å². The summed E-state index contributed by atoms with van der Waals surface area (Å²) in [7, 11) is 1.36. The molecule has 0 bridgehead atoms. The second kappa shape index (κ2) is 8.13. The number of fused-ring (bicyclic) bond motifs is 1. The Labute approximate surface area is 175 Å². The molecule has 3 heterocycles. The number of nitrogens with two attached hydrogens (primary N) is 1. The number of aromatic nitrogens is 4. The number of hydrogen-bond donors (Lipinski definition) is 1. The van der Waals surface area contributed by atoms with Crippen LogP contribution in [0.4, 0.5) is 10.3 Å². The highest BCUT2D eigenvalue weighted by molar-refractivity contribution is 6.33. The molecule has 3 aromatic rings. The Morgan fingerprint density at radius 2 is 2.07 bits per heavy atom. The number of rotatable bonds is 5. The van der Waals surface area contributed by atoms with Crippen molar-refractivity contribution in [1.29, 1.82) is 0 Å². The van der Waals surface area contributed by atoms with Gasteiger partial charge in [-0.2, -0.15) is 9.97 Å². The fourth-order valence-corrected chi connectivity index (χ4v) is 3.54. The van der Waals surface area contributed by atoms with E-state index >= 15 is 4.39 Å². The first-order valence-electron chi connectivity index (χ1n) is 9.10. The lowest BCUT2D eigenvalue weighted by molar-refractivity contribution is -0.0616. The number of imidazole rings is 1. The van der Waals surface area contributed by atoms with E-state index in [1.54, 1.807) is 24.3 Å². The molecule has 4 rings (SSSR count). The maximum absolute atomic E-state index is 15.0. The van der Waals surface area contributed by atoms with Crippen molar-refractivity contribution in [3.05, 3.63) is 46.9 Å². The molecule has 0 unspecified atom stereocenters. The Morgan fingerprint density at radius 3 is 2.77 bits per heavy atom. The number of aryl methyl sites for hydroxylation is 1. The number of carbonyl (C=O) groups excluding carboxylic acids is 1. The lowest BCUT2D eigenvalue weighted by Gasteiger charge is -2.19. The molecule has 0 amide bonds. The van der Waals surface area contributed by atoms with Crippen molar-refractivity contribution >= 4 is 34.7 Å². The van der Waals surface area contributed by atoms with Gasteiger partial charge in [-0.1, -0.05) is 29.3 Å². The van der Waals surface area contributed by atoms with Crippen LogP contribution in [0.25, 0.3) is 11.2 Å². The zero-order valence-electron chi connectivity index (χ0n) is 16.2. The lowest BCUT2D eigenvalue weighted by atomic mass is 10.1. The summed E-state index contributed by atoms with van der Waals surface area (Å²) in [4.78, 5) is 24.4. The summed E-state index contributed by atoms with van der Waals surface area (Å²) in [5.41, 5.74) is 7.63. The highest BCUT2D eigenvalue weighted by Gasteiger charge is 2.47. The van der Waals surface area contributed by atoms with Gasteiger partial charge in [0.1, 0.15) is 24.3 Å². The molecule has 1 aromatic carbocycles. The van der Waals surface area contributed by atoms with Crippen molar-refractivity contribution in [2.24, 2.45) is 0 Å². The van der Waals surface area contributed by atoms with Gasteiger partial charge < -0.3 is 19.9 Å².